The Hall–Kier alpha value is -3.59. The fourth-order valence-corrected chi connectivity index (χ4v) is 4.22. The van der Waals surface area contributed by atoms with Gasteiger partial charge in [-0.05, 0) is 36.1 Å². The summed E-state index contributed by atoms with van der Waals surface area (Å²) in [5, 5.41) is -0.349. The zero-order chi connectivity index (χ0) is 29.9. The molecular formula is C26H27ClF3N3O7S. The molecule has 0 spiro atoms. The minimum Gasteiger partial charge on any atom is -0.491 e. The smallest absolute Gasteiger partial charge is 0.421 e. The molecule has 3 aromatic rings. The van der Waals surface area contributed by atoms with Crippen LogP contribution in [0.15, 0.2) is 60.8 Å². The maximum Gasteiger partial charge on any atom is 0.421 e. The van der Waals surface area contributed by atoms with E-state index in [2.05, 4.69) is 9.71 Å². The molecule has 1 amide bonds. The second-order valence-corrected chi connectivity index (χ2v) is 10.3. The number of halogens is 4. The molecule has 1 heterocycles. The van der Waals surface area contributed by atoms with Gasteiger partial charge in [0.2, 0.25) is 5.88 Å². The molecule has 15 heteroatoms. The number of methoxy groups -OCH3 is 1. The van der Waals surface area contributed by atoms with Crippen molar-refractivity contribution in [3.8, 4) is 17.4 Å². The van der Waals surface area contributed by atoms with E-state index >= 15 is 0 Å². The van der Waals surface area contributed by atoms with Crippen molar-refractivity contribution in [2.24, 2.45) is 0 Å². The highest BCUT2D eigenvalue weighted by atomic mass is 35.5. The third-order valence-corrected chi connectivity index (χ3v) is 6.52. The lowest BCUT2D eigenvalue weighted by molar-refractivity contribution is -0.137. The Morgan fingerprint density at radius 1 is 1.05 bits per heavy atom. The van der Waals surface area contributed by atoms with Crippen molar-refractivity contribution in [1.82, 2.24) is 14.4 Å². The zero-order valence-corrected chi connectivity index (χ0v) is 23.3. The summed E-state index contributed by atoms with van der Waals surface area (Å²) >= 11 is 6.00. The summed E-state index contributed by atoms with van der Waals surface area (Å²) in [5.74, 6) is 0.345. The molecule has 0 atom stereocenters. The predicted molar refractivity (Wildman–Crippen MR) is 143 cm³/mol. The first-order chi connectivity index (χ1) is 19.5. The van der Waals surface area contributed by atoms with Crippen molar-refractivity contribution in [2.75, 3.05) is 26.9 Å². The second kappa shape index (κ2) is 14.9. The van der Waals surface area contributed by atoms with E-state index < -0.39 is 28.0 Å². The molecule has 41 heavy (non-hydrogen) atoms. The maximum absolute atomic E-state index is 13.0. The van der Waals surface area contributed by atoms with Crippen molar-refractivity contribution in [3.05, 3.63) is 82.5 Å². The Kier molecular flexibility index (Phi) is 11.6. The lowest BCUT2D eigenvalue weighted by atomic mass is 10.1. The average molecular weight is 618 g/mol. The number of nitrogens with zero attached hydrogens (tertiary/aromatic N) is 1. The van der Waals surface area contributed by atoms with Crippen LogP contribution < -0.4 is 18.9 Å². The Bertz CT molecular complexity index is 1410. The van der Waals surface area contributed by atoms with E-state index in [1.165, 1.54) is 13.2 Å². The van der Waals surface area contributed by atoms with Crippen molar-refractivity contribution in [3.63, 3.8) is 0 Å². The van der Waals surface area contributed by atoms with Crippen molar-refractivity contribution in [2.45, 2.75) is 25.6 Å². The van der Waals surface area contributed by atoms with E-state index in [4.69, 9.17) is 30.5 Å². The molecule has 10 nitrogen and oxygen atoms in total. The summed E-state index contributed by atoms with van der Waals surface area (Å²) in [4.78, 5) is 15.7. The third kappa shape index (κ3) is 10.7. The van der Waals surface area contributed by atoms with Crippen LogP contribution in [0.3, 0.4) is 0 Å². The van der Waals surface area contributed by atoms with E-state index in [-0.39, 0.29) is 49.3 Å². The molecule has 0 aliphatic heterocycles. The molecule has 0 radical (unpaired) electrons. The van der Waals surface area contributed by atoms with Gasteiger partial charge in [0.1, 0.15) is 23.1 Å². The van der Waals surface area contributed by atoms with Crippen LogP contribution in [0, 0.1) is 0 Å². The first-order valence-electron chi connectivity index (χ1n) is 12.1. The van der Waals surface area contributed by atoms with Gasteiger partial charge < -0.3 is 18.9 Å². The molecule has 0 unspecified atom stereocenters. The number of benzene rings is 2. The molecule has 0 fully saturated rings. The molecule has 2 aromatic carbocycles. The normalized spacial score (nSPS) is 11.6. The Morgan fingerprint density at radius 3 is 2.49 bits per heavy atom. The van der Waals surface area contributed by atoms with Crippen molar-refractivity contribution < 1.29 is 45.3 Å². The number of hydrogen-bond acceptors (Lipinski definition) is 8. The molecule has 222 valence electrons. The topological polar surface area (TPSA) is 125 Å². The fraction of sp³-hybridized carbons (Fsp3) is 0.308. The van der Waals surface area contributed by atoms with Gasteiger partial charge in [-0.3, -0.25) is 0 Å². The lowest BCUT2D eigenvalue weighted by Gasteiger charge is -2.15. The van der Waals surface area contributed by atoms with Gasteiger partial charge in [0.15, 0.2) is 0 Å². The minimum absolute atomic E-state index is 0.0186. The molecule has 0 aliphatic carbocycles. The Labute approximate surface area is 239 Å². The summed E-state index contributed by atoms with van der Waals surface area (Å²) in [6.07, 6.45) is -4.66. The summed E-state index contributed by atoms with van der Waals surface area (Å²) in [7, 11) is -2.64. The highest BCUT2D eigenvalue weighted by Gasteiger charge is 2.32. The van der Waals surface area contributed by atoms with Crippen LogP contribution >= 0.6 is 11.6 Å². The van der Waals surface area contributed by atoms with Gasteiger partial charge in [-0.1, -0.05) is 48.0 Å². The predicted octanol–water partition coefficient (Wildman–Crippen LogP) is 5.26. The average Bonchev–Trinajstić information content (AvgIpc) is 2.92. The van der Waals surface area contributed by atoms with Crippen molar-refractivity contribution in [1.29, 1.82) is 0 Å². The van der Waals surface area contributed by atoms with Crippen LogP contribution in [0.2, 0.25) is 5.02 Å². The molecule has 0 aliphatic rings. The number of amides is 1. The fourth-order valence-electron chi connectivity index (χ4n) is 3.31. The van der Waals surface area contributed by atoms with E-state index in [1.807, 2.05) is 0 Å². The highest BCUT2D eigenvalue weighted by Crippen LogP contribution is 2.36. The number of carbonyl (C=O) groups excluding carboxylic acids is 1. The maximum atomic E-state index is 13.0. The number of aromatic nitrogens is 1. The first-order valence-corrected chi connectivity index (χ1v) is 14.0. The Balaban J connectivity index is 1.60. The van der Waals surface area contributed by atoms with Gasteiger partial charge in [0.25, 0.3) is 0 Å². The standard InChI is InChI=1S/C26H27ClF3N3O7S/c1-37-12-13-38-21-10-9-19(23(15-21)40-24-22(27)14-20(17-31-24)26(28,29)30)8-5-11-39-25(34)33-41(35,36)32-16-18-6-3-2-4-7-18/h2-4,6-7,9-10,14-15,17,32H,5,8,11-13,16H2,1H3,(H,33,34). The van der Waals surface area contributed by atoms with Gasteiger partial charge in [-0.15, -0.1) is 0 Å². The third-order valence-electron chi connectivity index (χ3n) is 5.29. The van der Waals surface area contributed by atoms with E-state index in [9.17, 15) is 26.4 Å². The second-order valence-electron chi connectivity index (χ2n) is 8.37. The number of alkyl halides is 3. The first kappa shape index (κ1) is 31.9. The largest absolute Gasteiger partial charge is 0.491 e. The number of carbonyl (C=O) groups is 1. The van der Waals surface area contributed by atoms with Gasteiger partial charge >= 0.3 is 22.5 Å². The van der Waals surface area contributed by atoms with Gasteiger partial charge in [-0.25, -0.2) is 14.5 Å². The monoisotopic (exact) mass is 617 g/mol. The summed E-state index contributed by atoms with van der Waals surface area (Å²) in [5.41, 5.74) is 0.245. The number of hydrogen-bond donors (Lipinski definition) is 2. The molecule has 0 saturated heterocycles. The molecule has 2 N–H and O–H groups in total. The summed E-state index contributed by atoms with van der Waals surface area (Å²) < 4.78 is 88.3. The summed E-state index contributed by atoms with van der Waals surface area (Å²) in [6, 6.07) is 14.3. The van der Waals surface area contributed by atoms with Gasteiger partial charge in [0.05, 0.1) is 18.8 Å². The van der Waals surface area contributed by atoms with E-state index in [1.54, 1.807) is 47.2 Å². The molecule has 1 aromatic heterocycles. The number of pyridine rings is 1. The number of rotatable bonds is 14. The zero-order valence-electron chi connectivity index (χ0n) is 21.7. The highest BCUT2D eigenvalue weighted by molar-refractivity contribution is 7.88. The molecule has 0 bridgehead atoms. The Morgan fingerprint density at radius 2 is 1.80 bits per heavy atom. The number of aryl methyl sites for hydroxylation is 1. The van der Waals surface area contributed by atoms with Crippen molar-refractivity contribution >= 4 is 27.9 Å². The molecule has 3 rings (SSSR count). The van der Waals surface area contributed by atoms with Crippen LogP contribution in [-0.4, -0.2) is 46.4 Å². The van der Waals surface area contributed by atoms with Gasteiger partial charge in [-0.2, -0.15) is 26.3 Å². The molecular weight excluding hydrogens is 591 g/mol. The summed E-state index contributed by atoms with van der Waals surface area (Å²) in [6.45, 7) is 0.391. The SMILES string of the molecule is COCCOc1ccc(CCCOC(=O)NS(=O)(=O)NCc2ccccc2)c(Oc2ncc(C(F)(F)F)cc2Cl)c1. The van der Waals surface area contributed by atoms with Crippen LogP contribution in [-0.2, 0) is 38.8 Å². The minimum atomic E-state index is -4.63. The van der Waals surface area contributed by atoms with E-state index in [0.717, 1.165) is 0 Å². The van der Waals surface area contributed by atoms with Gasteiger partial charge in [0, 0.05) is 25.9 Å². The molecule has 0 saturated carbocycles. The quantitative estimate of drug-likeness (QED) is 0.235. The lowest BCUT2D eigenvalue weighted by Crippen LogP contribution is -2.40. The number of nitrogens with one attached hydrogen (secondary N) is 2. The van der Waals surface area contributed by atoms with E-state index in [0.29, 0.717) is 35.7 Å². The van der Waals surface area contributed by atoms with Crippen LogP contribution in [0.25, 0.3) is 0 Å². The van der Waals surface area contributed by atoms with Crippen LogP contribution in [0.5, 0.6) is 17.4 Å². The van der Waals surface area contributed by atoms with Crippen LogP contribution in [0.1, 0.15) is 23.1 Å². The van der Waals surface area contributed by atoms with Crippen LogP contribution in [0.4, 0.5) is 18.0 Å². The number of ether oxygens (including phenoxy) is 4.